The molecule has 5 heteroatoms. The lowest BCUT2D eigenvalue weighted by molar-refractivity contribution is -0.127. The van der Waals surface area contributed by atoms with Gasteiger partial charge in [0.15, 0.2) is 6.10 Å². The van der Waals surface area contributed by atoms with Crippen LogP contribution in [0.25, 0.3) is 0 Å². The molecule has 19 heavy (non-hydrogen) atoms. The van der Waals surface area contributed by atoms with Crippen LogP contribution < -0.4 is 10.1 Å². The zero-order valence-corrected chi connectivity index (χ0v) is 11.6. The molecule has 0 fully saturated rings. The summed E-state index contributed by atoms with van der Waals surface area (Å²) in [5.41, 5.74) is 0.754. The monoisotopic (exact) mass is 267 g/mol. The summed E-state index contributed by atoms with van der Waals surface area (Å²) < 4.78 is 10.4. The maximum absolute atomic E-state index is 11.7. The standard InChI is InChI=1S/C14H21NO4/c1-10(16)12-5-4-6-13(9-12)19-11(2)14(17)15-7-8-18-3/h4-6,9-11,16H,7-8H2,1-3H3,(H,15,17). The van der Waals surface area contributed by atoms with Crippen molar-refractivity contribution in [2.24, 2.45) is 0 Å². The quantitative estimate of drug-likeness (QED) is 0.730. The summed E-state index contributed by atoms with van der Waals surface area (Å²) in [6, 6.07) is 7.07. The molecule has 0 aromatic heterocycles. The van der Waals surface area contributed by atoms with Crippen LogP contribution in [0.2, 0.25) is 0 Å². The zero-order chi connectivity index (χ0) is 14.3. The van der Waals surface area contributed by atoms with E-state index in [2.05, 4.69) is 5.32 Å². The second-order valence-electron chi connectivity index (χ2n) is 4.29. The molecule has 1 aromatic carbocycles. The molecular weight excluding hydrogens is 246 g/mol. The fraction of sp³-hybridized carbons (Fsp3) is 0.500. The van der Waals surface area contributed by atoms with Crippen LogP contribution in [0, 0.1) is 0 Å². The second-order valence-corrected chi connectivity index (χ2v) is 4.29. The van der Waals surface area contributed by atoms with Gasteiger partial charge in [-0.1, -0.05) is 12.1 Å². The fourth-order valence-electron chi connectivity index (χ4n) is 1.53. The van der Waals surface area contributed by atoms with Crippen LogP contribution in [0.1, 0.15) is 25.5 Å². The topological polar surface area (TPSA) is 67.8 Å². The highest BCUT2D eigenvalue weighted by atomic mass is 16.5. The molecule has 0 heterocycles. The average Bonchev–Trinajstić information content (AvgIpc) is 2.39. The number of amides is 1. The maximum Gasteiger partial charge on any atom is 0.260 e. The van der Waals surface area contributed by atoms with E-state index >= 15 is 0 Å². The SMILES string of the molecule is COCCNC(=O)C(C)Oc1cccc(C(C)O)c1. The minimum absolute atomic E-state index is 0.195. The molecule has 2 unspecified atom stereocenters. The van der Waals surface area contributed by atoms with E-state index in [1.54, 1.807) is 45.2 Å². The Kier molecular flexibility index (Phi) is 6.32. The number of carbonyl (C=O) groups is 1. The largest absolute Gasteiger partial charge is 0.481 e. The Morgan fingerprint density at radius 3 is 2.79 bits per heavy atom. The average molecular weight is 267 g/mol. The fourth-order valence-corrected chi connectivity index (χ4v) is 1.53. The first-order chi connectivity index (χ1) is 9.04. The minimum atomic E-state index is -0.596. The van der Waals surface area contributed by atoms with Gasteiger partial charge in [-0.05, 0) is 31.5 Å². The smallest absolute Gasteiger partial charge is 0.260 e. The van der Waals surface area contributed by atoms with Gasteiger partial charge in [0.2, 0.25) is 0 Å². The number of aliphatic hydroxyl groups is 1. The molecule has 0 bridgehead atoms. The van der Waals surface area contributed by atoms with Crippen molar-refractivity contribution in [2.45, 2.75) is 26.1 Å². The first kappa shape index (κ1) is 15.5. The van der Waals surface area contributed by atoms with Gasteiger partial charge in [0, 0.05) is 13.7 Å². The summed E-state index contributed by atoms with van der Waals surface area (Å²) in [5, 5.41) is 12.2. The van der Waals surface area contributed by atoms with Gasteiger partial charge >= 0.3 is 0 Å². The van der Waals surface area contributed by atoms with Gasteiger partial charge in [-0.25, -0.2) is 0 Å². The van der Waals surface area contributed by atoms with Gasteiger partial charge in [-0.3, -0.25) is 4.79 Å². The van der Waals surface area contributed by atoms with E-state index in [-0.39, 0.29) is 5.91 Å². The predicted octanol–water partition coefficient (Wildman–Crippen LogP) is 1.27. The number of ether oxygens (including phenoxy) is 2. The molecule has 1 amide bonds. The van der Waals surface area contributed by atoms with Crippen molar-refractivity contribution in [3.63, 3.8) is 0 Å². The number of hydrogen-bond donors (Lipinski definition) is 2. The van der Waals surface area contributed by atoms with E-state index in [1.807, 2.05) is 0 Å². The van der Waals surface area contributed by atoms with Crippen molar-refractivity contribution in [3.05, 3.63) is 29.8 Å². The summed E-state index contributed by atoms with van der Waals surface area (Å²) in [5.74, 6) is 0.368. The maximum atomic E-state index is 11.7. The van der Waals surface area contributed by atoms with Gasteiger partial charge in [0.25, 0.3) is 5.91 Å². The summed E-state index contributed by atoms with van der Waals surface area (Å²) >= 11 is 0. The Morgan fingerprint density at radius 1 is 1.42 bits per heavy atom. The highest BCUT2D eigenvalue weighted by molar-refractivity contribution is 5.80. The molecular formula is C14H21NO4. The Morgan fingerprint density at radius 2 is 2.16 bits per heavy atom. The van der Waals surface area contributed by atoms with Gasteiger partial charge in [-0.15, -0.1) is 0 Å². The number of hydrogen-bond acceptors (Lipinski definition) is 4. The lowest BCUT2D eigenvalue weighted by Gasteiger charge is -2.15. The van der Waals surface area contributed by atoms with Gasteiger partial charge in [0.1, 0.15) is 5.75 Å². The van der Waals surface area contributed by atoms with E-state index in [9.17, 15) is 9.90 Å². The Hall–Kier alpha value is -1.59. The Balaban J connectivity index is 2.53. The highest BCUT2D eigenvalue weighted by Gasteiger charge is 2.14. The third-order valence-electron chi connectivity index (χ3n) is 2.63. The second kappa shape index (κ2) is 7.76. The molecule has 106 valence electrons. The van der Waals surface area contributed by atoms with E-state index in [4.69, 9.17) is 9.47 Å². The Labute approximate surface area is 113 Å². The van der Waals surface area contributed by atoms with Crippen molar-refractivity contribution in [3.8, 4) is 5.75 Å². The third-order valence-corrected chi connectivity index (χ3v) is 2.63. The van der Waals surface area contributed by atoms with Gasteiger partial charge in [0.05, 0.1) is 12.7 Å². The number of aliphatic hydroxyl groups excluding tert-OH is 1. The molecule has 0 aliphatic rings. The van der Waals surface area contributed by atoms with Crippen LogP contribution in [0.4, 0.5) is 0 Å². The van der Waals surface area contributed by atoms with Crippen LogP contribution in [-0.4, -0.2) is 37.4 Å². The van der Waals surface area contributed by atoms with E-state index in [0.29, 0.717) is 18.9 Å². The molecule has 0 aliphatic carbocycles. The molecule has 0 radical (unpaired) electrons. The summed E-state index contributed by atoms with van der Waals surface area (Å²) in [4.78, 5) is 11.7. The number of carbonyl (C=O) groups excluding carboxylic acids is 1. The number of benzene rings is 1. The van der Waals surface area contributed by atoms with Crippen molar-refractivity contribution in [1.29, 1.82) is 0 Å². The van der Waals surface area contributed by atoms with Gasteiger partial charge in [-0.2, -0.15) is 0 Å². The summed E-state index contributed by atoms with van der Waals surface area (Å²) in [7, 11) is 1.58. The molecule has 2 N–H and O–H groups in total. The van der Waals surface area contributed by atoms with E-state index in [1.165, 1.54) is 0 Å². The lowest BCUT2D eigenvalue weighted by Crippen LogP contribution is -2.37. The Bertz CT molecular complexity index is 406. The van der Waals surface area contributed by atoms with Crippen molar-refractivity contribution < 1.29 is 19.4 Å². The molecule has 1 rings (SSSR count). The number of nitrogens with one attached hydrogen (secondary N) is 1. The molecule has 0 aliphatic heterocycles. The van der Waals surface area contributed by atoms with E-state index < -0.39 is 12.2 Å². The van der Waals surface area contributed by atoms with Crippen LogP contribution in [-0.2, 0) is 9.53 Å². The normalized spacial score (nSPS) is 13.7. The molecule has 2 atom stereocenters. The summed E-state index contributed by atoms with van der Waals surface area (Å²) in [6.07, 6.45) is -1.16. The van der Waals surface area contributed by atoms with Crippen molar-refractivity contribution >= 4 is 5.91 Å². The molecule has 1 aromatic rings. The van der Waals surface area contributed by atoms with Gasteiger partial charge < -0.3 is 19.9 Å². The molecule has 0 spiro atoms. The molecule has 5 nitrogen and oxygen atoms in total. The van der Waals surface area contributed by atoms with Crippen molar-refractivity contribution in [1.82, 2.24) is 5.32 Å². The minimum Gasteiger partial charge on any atom is -0.481 e. The number of methoxy groups -OCH3 is 1. The summed E-state index contributed by atoms with van der Waals surface area (Å²) in [6.45, 7) is 4.28. The predicted molar refractivity (Wildman–Crippen MR) is 72.1 cm³/mol. The van der Waals surface area contributed by atoms with Crippen LogP contribution in [0.3, 0.4) is 0 Å². The third kappa shape index (κ3) is 5.28. The highest BCUT2D eigenvalue weighted by Crippen LogP contribution is 2.19. The lowest BCUT2D eigenvalue weighted by atomic mass is 10.1. The van der Waals surface area contributed by atoms with Crippen LogP contribution in [0.15, 0.2) is 24.3 Å². The molecule has 0 saturated heterocycles. The zero-order valence-electron chi connectivity index (χ0n) is 11.6. The van der Waals surface area contributed by atoms with Crippen LogP contribution >= 0.6 is 0 Å². The first-order valence-electron chi connectivity index (χ1n) is 6.26. The molecule has 0 saturated carbocycles. The first-order valence-corrected chi connectivity index (χ1v) is 6.26. The van der Waals surface area contributed by atoms with Crippen molar-refractivity contribution in [2.75, 3.05) is 20.3 Å². The number of rotatable bonds is 7. The van der Waals surface area contributed by atoms with E-state index in [0.717, 1.165) is 5.56 Å². The van der Waals surface area contributed by atoms with Crippen LogP contribution in [0.5, 0.6) is 5.75 Å².